The SMILES string of the molecule is CC(C)(C)OC(=O)N1CCCN(C=CON)CC1. The molecule has 6 nitrogen and oxygen atoms in total. The van der Waals surface area contributed by atoms with Crippen molar-refractivity contribution in [1.82, 2.24) is 9.80 Å². The molecule has 0 saturated carbocycles. The number of hydrogen-bond donors (Lipinski definition) is 1. The largest absolute Gasteiger partial charge is 0.444 e. The lowest BCUT2D eigenvalue weighted by molar-refractivity contribution is 0.0259. The van der Waals surface area contributed by atoms with Crippen LogP contribution in [-0.2, 0) is 9.57 Å². The standard InChI is InChI=1S/C12H23N3O3/c1-12(2,3)18-11(16)15-6-4-5-14(7-8-15)9-10-17-13/h9-10H,4-8,13H2,1-3H3. The number of nitrogens with two attached hydrogens (primary N) is 1. The second-order valence-corrected chi connectivity index (χ2v) is 5.28. The van der Waals surface area contributed by atoms with Gasteiger partial charge in [0.05, 0.1) is 0 Å². The van der Waals surface area contributed by atoms with Gasteiger partial charge in [-0.25, -0.2) is 4.79 Å². The summed E-state index contributed by atoms with van der Waals surface area (Å²) in [6, 6.07) is 0. The maximum absolute atomic E-state index is 11.9. The van der Waals surface area contributed by atoms with Crippen LogP contribution in [0, 0.1) is 0 Å². The predicted molar refractivity (Wildman–Crippen MR) is 68.4 cm³/mol. The zero-order valence-electron chi connectivity index (χ0n) is 11.4. The van der Waals surface area contributed by atoms with Crippen molar-refractivity contribution in [3.63, 3.8) is 0 Å². The van der Waals surface area contributed by atoms with E-state index in [2.05, 4.69) is 9.74 Å². The zero-order chi connectivity index (χ0) is 13.6. The second-order valence-electron chi connectivity index (χ2n) is 5.28. The Labute approximate surface area is 108 Å². The fourth-order valence-corrected chi connectivity index (χ4v) is 1.72. The molecule has 0 aromatic heterocycles. The maximum Gasteiger partial charge on any atom is 0.410 e. The molecule has 1 saturated heterocycles. The molecule has 0 aromatic carbocycles. The molecule has 0 aliphatic carbocycles. The van der Waals surface area contributed by atoms with Gasteiger partial charge >= 0.3 is 6.09 Å². The number of amides is 1. The predicted octanol–water partition coefficient (Wildman–Crippen LogP) is 1.29. The Morgan fingerprint density at radius 1 is 1.22 bits per heavy atom. The van der Waals surface area contributed by atoms with Crippen LogP contribution in [0.5, 0.6) is 0 Å². The Kier molecular flexibility index (Phi) is 5.27. The van der Waals surface area contributed by atoms with E-state index in [-0.39, 0.29) is 6.09 Å². The summed E-state index contributed by atoms with van der Waals surface area (Å²) < 4.78 is 5.35. The minimum Gasteiger partial charge on any atom is -0.444 e. The van der Waals surface area contributed by atoms with Gasteiger partial charge < -0.3 is 19.4 Å². The van der Waals surface area contributed by atoms with Crippen molar-refractivity contribution in [1.29, 1.82) is 0 Å². The molecule has 104 valence electrons. The Balaban J connectivity index is 2.46. The molecule has 1 aliphatic rings. The third-order valence-electron chi connectivity index (χ3n) is 2.53. The van der Waals surface area contributed by atoms with Crippen LogP contribution >= 0.6 is 0 Å². The lowest BCUT2D eigenvalue weighted by Crippen LogP contribution is -2.38. The minimum absolute atomic E-state index is 0.247. The van der Waals surface area contributed by atoms with E-state index >= 15 is 0 Å². The highest BCUT2D eigenvalue weighted by Crippen LogP contribution is 2.12. The summed E-state index contributed by atoms with van der Waals surface area (Å²) in [5.41, 5.74) is -0.448. The van der Waals surface area contributed by atoms with Crippen molar-refractivity contribution in [3.05, 3.63) is 12.5 Å². The average molecular weight is 257 g/mol. The molecule has 1 fully saturated rings. The number of rotatable bonds is 2. The quantitative estimate of drug-likeness (QED) is 0.596. The monoisotopic (exact) mass is 257 g/mol. The van der Waals surface area contributed by atoms with E-state index in [0.29, 0.717) is 13.1 Å². The second kappa shape index (κ2) is 6.49. The van der Waals surface area contributed by atoms with Crippen LogP contribution in [0.4, 0.5) is 4.79 Å². The first-order valence-corrected chi connectivity index (χ1v) is 6.16. The van der Waals surface area contributed by atoms with Gasteiger partial charge in [-0.3, -0.25) is 0 Å². The number of hydrogen-bond acceptors (Lipinski definition) is 5. The third-order valence-corrected chi connectivity index (χ3v) is 2.53. The van der Waals surface area contributed by atoms with Gasteiger partial charge in [0, 0.05) is 32.4 Å². The van der Waals surface area contributed by atoms with Gasteiger partial charge in [-0.1, -0.05) is 0 Å². The summed E-state index contributed by atoms with van der Waals surface area (Å²) in [5, 5.41) is 0. The Morgan fingerprint density at radius 3 is 2.56 bits per heavy atom. The van der Waals surface area contributed by atoms with Gasteiger partial charge in [0.1, 0.15) is 11.9 Å². The smallest absolute Gasteiger partial charge is 0.410 e. The molecule has 0 atom stereocenters. The van der Waals surface area contributed by atoms with Gasteiger partial charge in [0.25, 0.3) is 0 Å². The highest BCUT2D eigenvalue weighted by molar-refractivity contribution is 5.68. The maximum atomic E-state index is 11.9. The molecule has 0 spiro atoms. The van der Waals surface area contributed by atoms with E-state index in [1.807, 2.05) is 20.8 Å². The number of carbonyl (C=O) groups is 1. The molecule has 0 radical (unpaired) electrons. The summed E-state index contributed by atoms with van der Waals surface area (Å²) in [4.78, 5) is 20.1. The molecule has 18 heavy (non-hydrogen) atoms. The third kappa shape index (κ3) is 5.27. The van der Waals surface area contributed by atoms with Gasteiger partial charge in [-0.05, 0) is 27.2 Å². The molecule has 1 heterocycles. The van der Waals surface area contributed by atoms with Crippen molar-refractivity contribution < 1.29 is 14.4 Å². The van der Waals surface area contributed by atoms with E-state index in [0.717, 1.165) is 19.5 Å². The van der Waals surface area contributed by atoms with E-state index in [1.54, 1.807) is 11.1 Å². The van der Waals surface area contributed by atoms with Crippen LogP contribution in [0.1, 0.15) is 27.2 Å². The Bertz CT molecular complexity index is 299. The fraction of sp³-hybridized carbons (Fsp3) is 0.750. The van der Waals surface area contributed by atoms with E-state index in [1.165, 1.54) is 6.26 Å². The van der Waals surface area contributed by atoms with Crippen LogP contribution in [0.25, 0.3) is 0 Å². The van der Waals surface area contributed by atoms with Crippen molar-refractivity contribution in [3.8, 4) is 0 Å². The minimum atomic E-state index is -0.448. The Morgan fingerprint density at radius 2 is 1.94 bits per heavy atom. The van der Waals surface area contributed by atoms with Crippen molar-refractivity contribution >= 4 is 6.09 Å². The van der Waals surface area contributed by atoms with Crippen molar-refractivity contribution in [2.45, 2.75) is 32.8 Å². The number of ether oxygens (including phenoxy) is 1. The molecule has 1 aliphatic heterocycles. The topological polar surface area (TPSA) is 68.0 Å². The average Bonchev–Trinajstić information content (AvgIpc) is 2.49. The lowest BCUT2D eigenvalue weighted by Gasteiger charge is -2.26. The molecular weight excluding hydrogens is 234 g/mol. The molecule has 1 rings (SSSR count). The van der Waals surface area contributed by atoms with Crippen molar-refractivity contribution in [2.24, 2.45) is 5.90 Å². The normalized spacial score (nSPS) is 17.8. The van der Waals surface area contributed by atoms with Crippen LogP contribution < -0.4 is 5.90 Å². The van der Waals surface area contributed by atoms with Gasteiger partial charge in [-0.15, -0.1) is 0 Å². The molecular formula is C12H23N3O3. The summed E-state index contributed by atoms with van der Waals surface area (Å²) in [6.45, 7) is 8.59. The first-order chi connectivity index (χ1) is 8.42. The van der Waals surface area contributed by atoms with E-state index in [9.17, 15) is 4.79 Å². The fourth-order valence-electron chi connectivity index (χ4n) is 1.72. The molecule has 6 heteroatoms. The van der Waals surface area contributed by atoms with Crippen LogP contribution in [0.3, 0.4) is 0 Å². The Hall–Kier alpha value is -1.43. The van der Waals surface area contributed by atoms with E-state index in [4.69, 9.17) is 10.6 Å². The van der Waals surface area contributed by atoms with Crippen LogP contribution in [-0.4, -0.2) is 47.7 Å². The first-order valence-electron chi connectivity index (χ1n) is 6.16. The van der Waals surface area contributed by atoms with Crippen molar-refractivity contribution in [2.75, 3.05) is 26.2 Å². The molecule has 0 unspecified atom stereocenters. The van der Waals surface area contributed by atoms with E-state index < -0.39 is 5.60 Å². The number of carbonyl (C=O) groups excluding carboxylic acids is 1. The summed E-state index contributed by atoms with van der Waals surface area (Å²) in [5.74, 6) is 4.93. The van der Waals surface area contributed by atoms with Crippen LogP contribution in [0.15, 0.2) is 12.5 Å². The number of nitrogens with zero attached hydrogens (tertiary/aromatic N) is 2. The van der Waals surface area contributed by atoms with Gasteiger partial charge in [-0.2, -0.15) is 5.90 Å². The molecule has 1 amide bonds. The zero-order valence-corrected chi connectivity index (χ0v) is 11.4. The lowest BCUT2D eigenvalue weighted by atomic mass is 10.2. The molecule has 0 bridgehead atoms. The highest BCUT2D eigenvalue weighted by atomic mass is 16.6. The highest BCUT2D eigenvalue weighted by Gasteiger charge is 2.23. The first kappa shape index (κ1) is 14.6. The van der Waals surface area contributed by atoms with Gasteiger partial charge in [0.15, 0.2) is 0 Å². The van der Waals surface area contributed by atoms with Crippen LogP contribution in [0.2, 0.25) is 0 Å². The summed E-state index contributed by atoms with van der Waals surface area (Å²) in [7, 11) is 0. The molecule has 2 N–H and O–H groups in total. The molecule has 0 aromatic rings. The summed E-state index contributed by atoms with van der Waals surface area (Å²) >= 11 is 0. The summed E-state index contributed by atoms with van der Waals surface area (Å²) in [6.07, 6.45) is 3.87. The van der Waals surface area contributed by atoms with Gasteiger partial charge in [0.2, 0.25) is 0 Å².